The predicted octanol–water partition coefficient (Wildman–Crippen LogP) is 1.73. The molecule has 0 radical (unpaired) electrons. The maximum atomic E-state index is 12.9. The first-order valence-corrected chi connectivity index (χ1v) is 7.39. The highest BCUT2D eigenvalue weighted by atomic mass is 19.1. The number of benzene rings is 1. The molecule has 6 nitrogen and oxygen atoms in total. The molecule has 0 spiro atoms. The lowest BCUT2D eigenvalue weighted by Crippen LogP contribution is -2.23. The lowest BCUT2D eigenvalue weighted by molar-refractivity contribution is 0.111. The van der Waals surface area contributed by atoms with Gasteiger partial charge in [-0.1, -0.05) is 12.1 Å². The average Bonchev–Trinajstić information content (AvgIpc) is 2.98. The molecule has 2 aromatic rings. The van der Waals surface area contributed by atoms with Crippen molar-refractivity contribution in [1.82, 2.24) is 9.97 Å². The van der Waals surface area contributed by atoms with Crippen LogP contribution in [0.3, 0.4) is 0 Å². The third-order valence-electron chi connectivity index (χ3n) is 3.65. The molecule has 0 bridgehead atoms. The van der Waals surface area contributed by atoms with E-state index in [-0.39, 0.29) is 11.5 Å². The fourth-order valence-electron chi connectivity index (χ4n) is 2.39. The van der Waals surface area contributed by atoms with Gasteiger partial charge in [-0.05, 0) is 17.7 Å². The van der Waals surface area contributed by atoms with Crippen LogP contribution in [0.2, 0.25) is 0 Å². The number of halogens is 1. The summed E-state index contributed by atoms with van der Waals surface area (Å²) in [5.41, 5.74) is 8.86. The van der Waals surface area contributed by atoms with Crippen LogP contribution in [-0.2, 0) is 6.54 Å². The Kier molecular flexibility index (Phi) is 4.60. The molecule has 0 saturated heterocycles. The molecule has 0 unspecified atom stereocenters. The summed E-state index contributed by atoms with van der Waals surface area (Å²) in [5, 5.41) is 0. The first-order valence-electron chi connectivity index (χ1n) is 7.39. The smallest absolute Gasteiger partial charge is 0.170 e. The van der Waals surface area contributed by atoms with Crippen LogP contribution in [0.25, 0.3) is 0 Å². The minimum absolute atomic E-state index is 0.264. The number of hydrogen-bond acceptors (Lipinski definition) is 6. The van der Waals surface area contributed by atoms with Crippen molar-refractivity contribution < 1.29 is 9.18 Å². The zero-order chi connectivity index (χ0) is 16.9. The number of aromatic nitrogens is 2. The van der Waals surface area contributed by atoms with E-state index >= 15 is 0 Å². The van der Waals surface area contributed by atoms with Crippen molar-refractivity contribution in [1.29, 1.82) is 0 Å². The summed E-state index contributed by atoms with van der Waals surface area (Å²) in [5.74, 6) is 0.337. The minimum atomic E-state index is -0.264. The van der Waals surface area contributed by atoms with E-state index in [2.05, 4.69) is 15.0 Å². The van der Waals surface area contributed by atoms with Crippen molar-refractivity contribution in [3.63, 3.8) is 0 Å². The largest absolute Gasteiger partial charge is 0.400 e. The highest BCUT2D eigenvalue weighted by molar-refractivity contribution is 5.83. The molecule has 0 fully saturated rings. The SMILES string of the molecule is NC1=C(C=NCc2ccc(F)cc2)CN(c2cncc(C=O)n2)C1. The van der Waals surface area contributed by atoms with Gasteiger partial charge in [0.1, 0.15) is 17.3 Å². The van der Waals surface area contributed by atoms with Gasteiger partial charge in [0.25, 0.3) is 0 Å². The van der Waals surface area contributed by atoms with Crippen LogP contribution < -0.4 is 10.6 Å². The van der Waals surface area contributed by atoms with Crippen molar-refractivity contribution in [2.75, 3.05) is 18.0 Å². The van der Waals surface area contributed by atoms with Gasteiger partial charge in [0.15, 0.2) is 6.29 Å². The zero-order valence-corrected chi connectivity index (χ0v) is 12.9. The second kappa shape index (κ2) is 6.99. The van der Waals surface area contributed by atoms with Gasteiger partial charge in [-0.2, -0.15) is 0 Å². The first-order chi connectivity index (χ1) is 11.7. The summed E-state index contributed by atoms with van der Waals surface area (Å²) in [7, 11) is 0. The number of carbonyl (C=O) groups excluding carboxylic acids is 1. The van der Waals surface area contributed by atoms with Crippen molar-refractivity contribution in [2.45, 2.75) is 6.54 Å². The summed E-state index contributed by atoms with van der Waals surface area (Å²) in [6.07, 6.45) is 5.40. The van der Waals surface area contributed by atoms with E-state index < -0.39 is 0 Å². The average molecular weight is 325 g/mol. The van der Waals surface area contributed by atoms with Gasteiger partial charge in [-0.25, -0.2) is 9.37 Å². The second-order valence-corrected chi connectivity index (χ2v) is 5.42. The molecular weight excluding hydrogens is 309 g/mol. The van der Waals surface area contributed by atoms with Crippen molar-refractivity contribution in [2.24, 2.45) is 10.7 Å². The Balaban J connectivity index is 1.64. The van der Waals surface area contributed by atoms with E-state index in [9.17, 15) is 9.18 Å². The summed E-state index contributed by atoms with van der Waals surface area (Å²) in [4.78, 5) is 25.3. The summed E-state index contributed by atoms with van der Waals surface area (Å²) in [6, 6.07) is 6.22. The Morgan fingerprint density at radius 2 is 2.04 bits per heavy atom. The fraction of sp³-hybridized carbons (Fsp3) is 0.176. The molecule has 0 atom stereocenters. The molecule has 122 valence electrons. The van der Waals surface area contributed by atoms with Crippen LogP contribution in [0.5, 0.6) is 0 Å². The first kappa shape index (κ1) is 15.8. The van der Waals surface area contributed by atoms with Crippen molar-refractivity contribution in [3.8, 4) is 0 Å². The molecule has 1 aromatic heterocycles. The van der Waals surface area contributed by atoms with E-state index in [1.165, 1.54) is 18.3 Å². The maximum absolute atomic E-state index is 12.9. The van der Waals surface area contributed by atoms with E-state index in [1.807, 2.05) is 4.90 Å². The molecule has 2 heterocycles. The Morgan fingerprint density at radius 1 is 1.25 bits per heavy atom. The maximum Gasteiger partial charge on any atom is 0.170 e. The standard InChI is InChI=1S/C17H16FN5O/c18-14-3-1-12(2-4-14)5-20-6-13-9-23(10-16(13)19)17-8-21-7-15(11-24)22-17/h1-4,6-8,11H,5,9-10,19H2. The molecule has 1 aliphatic heterocycles. The van der Waals surface area contributed by atoms with Gasteiger partial charge in [0, 0.05) is 24.0 Å². The number of rotatable bonds is 5. The quantitative estimate of drug-likeness (QED) is 0.668. The molecule has 0 aliphatic carbocycles. The highest BCUT2D eigenvalue weighted by Gasteiger charge is 2.20. The number of nitrogens with zero attached hydrogens (tertiary/aromatic N) is 4. The monoisotopic (exact) mass is 325 g/mol. The third kappa shape index (κ3) is 3.62. The lowest BCUT2D eigenvalue weighted by Gasteiger charge is -2.16. The fourth-order valence-corrected chi connectivity index (χ4v) is 2.39. The van der Waals surface area contributed by atoms with Gasteiger partial charge in [0.05, 0.1) is 25.5 Å². The van der Waals surface area contributed by atoms with Crippen LogP contribution in [-0.4, -0.2) is 35.6 Å². The summed E-state index contributed by atoms with van der Waals surface area (Å²) < 4.78 is 12.9. The number of aliphatic imine (C=N–C) groups is 1. The van der Waals surface area contributed by atoms with Gasteiger partial charge >= 0.3 is 0 Å². The van der Waals surface area contributed by atoms with Crippen molar-refractivity contribution >= 4 is 18.3 Å². The molecule has 1 aliphatic rings. The molecule has 1 aromatic carbocycles. The Hall–Kier alpha value is -3.09. The number of anilines is 1. The molecule has 24 heavy (non-hydrogen) atoms. The molecule has 2 N–H and O–H groups in total. The molecule has 0 amide bonds. The molecule has 0 saturated carbocycles. The topological polar surface area (TPSA) is 84.5 Å². The van der Waals surface area contributed by atoms with E-state index in [1.54, 1.807) is 24.5 Å². The number of carbonyl (C=O) groups is 1. The zero-order valence-electron chi connectivity index (χ0n) is 12.9. The van der Waals surface area contributed by atoms with Gasteiger partial charge < -0.3 is 10.6 Å². The van der Waals surface area contributed by atoms with Crippen molar-refractivity contribution in [3.05, 3.63) is 65.0 Å². The predicted molar refractivity (Wildman–Crippen MR) is 89.4 cm³/mol. The Labute approximate surface area is 138 Å². The third-order valence-corrected chi connectivity index (χ3v) is 3.65. The van der Waals surface area contributed by atoms with E-state index in [0.29, 0.717) is 37.4 Å². The number of hydrogen-bond donors (Lipinski definition) is 1. The van der Waals surface area contributed by atoms with Crippen LogP contribution in [0, 0.1) is 5.82 Å². The van der Waals surface area contributed by atoms with Gasteiger partial charge in [0.2, 0.25) is 0 Å². The number of aldehydes is 1. The Morgan fingerprint density at radius 3 is 2.79 bits per heavy atom. The van der Waals surface area contributed by atoms with Crippen LogP contribution in [0.15, 0.2) is 52.9 Å². The molecule has 7 heteroatoms. The normalized spacial score (nSPS) is 14.6. The van der Waals surface area contributed by atoms with E-state index in [4.69, 9.17) is 5.73 Å². The highest BCUT2D eigenvalue weighted by Crippen LogP contribution is 2.19. The summed E-state index contributed by atoms with van der Waals surface area (Å²) >= 11 is 0. The van der Waals surface area contributed by atoms with Crippen LogP contribution in [0.1, 0.15) is 16.1 Å². The molecule has 3 rings (SSSR count). The second-order valence-electron chi connectivity index (χ2n) is 5.42. The van der Waals surface area contributed by atoms with Gasteiger partial charge in [-0.15, -0.1) is 0 Å². The Bertz CT molecular complexity index is 801. The van der Waals surface area contributed by atoms with Crippen LogP contribution in [0.4, 0.5) is 10.2 Å². The lowest BCUT2D eigenvalue weighted by atomic mass is 10.2. The summed E-state index contributed by atoms with van der Waals surface area (Å²) in [6.45, 7) is 1.52. The van der Waals surface area contributed by atoms with E-state index in [0.717, 1.165) is 11.1 Å². The molecular formula is C17H16FN5O. The number of nitrogens with two attached hydrogens (primary N) is 1. The minimum Gasteiger partial charge on any atom is -0.400 e. The van der Waals surface area contributed by atoms with Crippen LogP contribution >= 0.6 is 0 Å². The van der Waals surface area contributed by atoms with Gasteiger partial charge in [-0.3, -0.25) is 14.8 Å².